The van der Waals surface area contributed by atoms with Gasteiger partial charge in [0.05, 0.1) is 7.11 Å². The van der Waals surface area contributed by atoms with Crippen molar-refractivity contribution in [3.63, 3.8) is 0 Å². The zero-order valence-electron chi connectivity index (χ0n) is 15.3. The fraction of sp³-hybridized carbons (Fsp3) is 0.632. The first-order chi connectivity index (χ1) is 11.4. The number of hydrogen-bond acceptors (Lipinski definition) is 4. The maximum Gasteiger partial charge on any atom is 0.407 e. The summed E-state index contributed by atoms with van der Waals surface area (Å²) < 4.78 is 10.6. The Balaban J connectivity index is 1.91. The Kier molecular flexibility index (Phi) is 6.49. The molecule has 1 fully saturated rings. The Bertz CT molecular complexity index is 540. The molecule has 0 spiro atoms. The van der Waals surface area contributed by atoms with E-state index < -0.39 is 5.60 Å². The number of rotatable bonds is 5. The van der Waals surface area contributed by atoms with Crippen molar-refractivity contribution in [3.8, 4) is 5.75 Å². The molecule has 0 unspecified atom stereocenters. The predicted octanol–water partition coefficient (Wildman–Crippen LogP) is 3.57. The lowest BCUT2D eigenvalue weighted by Crippen LogP contribution is -2.47. The number of amides is 1. The van der Waals surface area contributed by atoms with Crippen LogP contribution in [-0.2, 0) is 11.3 Å². The van der Waals surface area contributed by atoms with Crippen molar-refractivity contribution in [2.45, 2.75) is 58.2 Å². The van der Waals surface area contributed by atoms with E-state index in [1.165, 1.54) is 18.4 Å². The van der Waals surface area contributed by atoms with Crippen LogP contribution in [0.5, 0.6) is 5.75 Å². The van der Waals surface area contributed by atoms with Crippen LogP contribution in [0.15, 0.2) is 24.3 Å². The lowest BCUT2D eigenvalue weighted by atomic mass is 10.0. The molecule has 24 heavy (non-hydrogen) atoms. The first-order valence-electron chi connectivity index (χ1n) is 8.71. The van der Waals surface area contributed by atoms with Crippen LogP contribution in [0.25, 0.3) is 0 Å². The molecule has 5 nitrogen and oxygen atoms in total. The van der Waals surface area contributed by atoms with E-state index in [9.17, 15) is 4.79 Å². The van der Waals surface area contributed by atoms with Crippen LogP contribution in [0.2, 0.25) is 0 Å². The molecule has 0 radical (unpaired) electrons. The van der Waals surface area contributed by atoms with Gasteiger partial charge in [0, 0.05) is 19.1 Å². The molecule has 0 saturated carbocycles. The highest BCUT2D eigenvalue weighted by molar-refractivity contribution is 5.67. The molecule has 0 aliphatic carbocycles. The number of hydrogen-bond donors (Lipinski definition) is 1. The third-order valence-electron chi connectivity index (χ3n) is 4.15. The highest BCUT2D eigenvalue weighted by atomic mass is 16.6. The van der Waals surface area contributed by atoms with Crippen molar-refractivity contribution in [2.24, 2.45) is 0 Å². The minimum Gasteiger partial charge on any atom is -0.497 e. The van der Waals surface area contributed by atoms with E-state index >= 15 is 0 Å². The van der Waals surface area contributed by atoms with Crippen LogP contribution >= 0.6 is 0 Å². The van der Waals surface area contributed by atoms with Gasteiger partial charge in [0.1, 0.15) is 11.4 Å². The molecule has 1 aromatic carbocycles. The summed E-state index contributed by atoms with van der Waals surface area (Å²) in [6, 6.07) is 8.52. The van der Waals surface area contributed by atoms with Gasteiger partial charge in [-0.1, -0.05) is 18.6 Å². The van der Waals surface area contributed by atoms with Gasteiger partial charge in [-0.15, -0.1) is 0 Å². The molecule has 1 aliphatic rings. The largest absolute Gasteiger partial charge is 0.497 e. The maximum absolute atomic E-state index is 11.9. The smallest absolute Gasteiger partial charge is 0.407 e. The minimum atomic E-state index is -0.461. The molecular weight excluding hydrogens is 304 g/mol. The highest BCUT2D eigenvalue weighted by Gasteiger charge is 2.24. The highest BCUT2D eigenvalue weighted by Crippen LogP contribution is 2.21. The van der Waals surface area contributed by atoms with E-state index in [1.807, 2.05) is 32.9 Å². The number of piperidine rings is 1. The molecule has 1 amide bonds. The second kappa shape index (κ2) is 8.38. The molecule has 1 N–H and O–H groups in total. The van der Waals surface area contributed by atoms with Crippen LogP contribution in [0.1, 0.15) is 45.6 Å². The third kappa shape index (κ3) is 6.04. The van der Waals surface area contributed by atoms with Crippen molar-refractivity contribution >= 4 is 6.09 Å². The van der Waals surface area contributed by atoms with E-state index in [2.05, 4.69) is 22.3 Å². The minimum absolute atomic E-state index is 0.339. The molecular formula is C19H30N2O3. The normalized spacial score (nSPS) is 18.9. The van der Waals surface area contributed by atoms with Gasteiger partial charge in [-0.2, -0.15) is 0 Å². The van der Waals surface area contributed by atoms with Crippen LogP contribution in [0, 0.1) is 0 Å². The van der Waals surface area contributed by atoms with Crippen LogP contribution in [-0.4, -0.2) is 42.8 Å². The molecule has 1 atom stereocenters. The number of alkyl carbamates (subject to hydrolysis) is 1. The first kappa shape index (κ1) is 18.6. The zero-order chi connectivity index (χ0) is 17.6. The average Bonchev–Trinajstić information content (AvgIpc) is 2.52. The molecule has 1 aromatic rings. The monoisotopic (exact) mass is 334 g/mol. The summed E-state index contributed by atoms with van der Waals surface area (Å²) >= 11 is 0. The summed E-state index contributed by atoms with van der Waals surface area (Å²) in [5.41, 5.74) is 0.773. The van der Waals surface area contributed by atoms with Gasteiger partial charge in [-0.25, -0.2) is 4.79 Å². The van der Waals surface area contributed by atoms with Gasteiger partial charge in [0.25, 0.3) is 0 Å². The Morgan fingerprint density at radius 3 is 2.83 bits per heavy atom. The van der Waals surface area contributed by atoms with E-state index in [4.69, 9.17) is 9.47 Å². The quantitative estimate of drug-likeness (QED) is 0.894. The van der Waals surface area contributed by atoms with Crippen molar-refractivity contribution in [3.05, 3.63) is 29.8 Å². The summed E-state index contributed by atoms with van der Waals surface area (Å²) in [6.45, 7) is 8.18. The Hall–Kier alpha value is -1.75. The molecule has 1 heterocycles. The van der Waals surface area contributed by atoms with E-state index in [0.29, 0.717) is 12.6 Å². The second-order valence-corrected chi connectivity index (χ2v) is 7.35. The maximum atomic E-state index is 11.9. The first-order valence-corrected chi connectivity index (χ1v) is 8.71. The Morgan fingerprint density at radius 2 is 2.12 bits per heavy atom. The Morgan fingerprint density at radius 1 is 1.33 bits per heavy atom. The second-order valence-electron chi connectivity index (χ2n) is 7.35. The van der Waals surface area contributed by atoms with Crippen LogP contribution < -0.4 is 10.1 Å². The third-order valence-corrected chi connectivity index (χ3v) is 4.15. The van der Waals surface area contributed by atoms with Crippen molar-refractivity contribution in [1.82, 2.24) is 10.2 Å². The van der Waals surface area contributed by atoms with Crippen LogP contribution in [0.3, 0.4) is 0 Å². The van der Waals surface area contributed by atoms with Gasteiger partial charge < -0.3 is 14.8 Å². The van der Waals surface area contributed by atoms with Gasteiger partial charge in [0.2, 0.25) is 0 Å². The van der Waals surface area contributed by atoms with E-state index in [0.717, 1.165) is 25.3 Å². The summed E-state index contributed by atoms with van der Waals surface area (Å²) in [7, 11) is 1.69. The summed E-state index contributed by atoms with van der Waals surface area (Å²) in [5.74, 6) is 0.882. The van der Waals surface area contributed by atoms with Gasteiger partial charge in [-0.05, 0) is 57.9 Å². The number of nitrogens with one attached hydrogen (secondary N) is 1. The van der Waals surface area contributed by atoms with Crippen molar-refractivity contribution in [1.29, 1.82) is 0 Å². The molecule has 134 valence electrons. The fourth-order valence-corrected chi connectivity index (χ4v) is 3.02. The molecule has 0 bridgehead atoms. The average molecular weight is 334 g/mol. The molecule has 1 aliphatic heterocycles. The Labute approximate surface area is 145 Å². The topological polar surface area (TPSA) is 50.8 Å². The number of carbonyl (C=O) groups is 1. The van der Waals surface area contributed by atoms with Gasteiger partial charge >= 0.3 is 6.09 Å². The fourth-order valence-electron chi connectivity index (χ4n) is 3.02. The van der Waals surface area contributed by atoms with Gasteiger partial charge in [0.15, 0.2) is 0 Å². The number of ether oxygens (including phenoxy) is 2. The van der Waals surface area contributed by atoms with E-state index in [1.54, 1.807) is 7.11 Å². The zero-order valence-corrected chi connectivity index (χ0v) is 15.3. The SMILES string of the molecule is COc1cccc(CN2CCCC[C@@H]2CNC(=O)OC(C)(C)C)c1. The predicted molar refractivity (Wildman–Crippen MR) is 95.3 cm³/mol. The molecule has 5 heteroatoms. The lowest BCUT2D eigenvalue weighted by molar-refractivity contribution is 0.0492. The number of benzene rings is 1. The molecule has 0 aromatic heterocycles. The van der Waals surface area contributed by atoms with E-state index in [-0.39, 0.29) is 6.09 Å². The van der Waals surface area contributed by atoms with Crippen molar-refractivity contribution in [2.75, 3.05) is 20.2 Å². The number of carbonyl (C=O) groups excluding carboxylic acids is 1. The molecule has 1 saturated heterocycles. The van der Waals surface area contributed by atoms with Gasteiger partial charge in [-0.3, -0.25) is 4.90 Å². The van der Waals surface area contributed by atoms with Crippen molar-refractivity contribution < 1.29 is 14.3 Å². The lowest BCUT2D eigenvalue weighted by Gasteiger charge is -2.36. The standard InChI is InChI=1S/C19H30N2O3/c1-19(2,3)24-18(22)20-13-16-9-5-6-11-21(16)14-15-8-7-10-17(12-15)23-4/h7-8,10,12,16H,5-6,9,11,13-14H2,1-4H3,(H,20,22)/t16-/m1/s1. The number of methoxy groups -OCH3 is 1. The summed E-state index contributed by atoms with van der Waals surface area (Å²) in [4.78, 5) is 14.3. The number of likely N-dealkylation sites (tertiary alicyclic amines) is 1. The summed E-state index contributed by atoms with van der Waals surface area (Å²) in [5, 5.41) is 2.92. The number of nitrogens with zero attached hydrogens (tertiary/aromatic N) is 1. The molecule has 2 rings (SSSR count). The summed E-state index contributed by atoms with van der Waals surface area (Å²) in [6.07, 6.45) is 3.16. The van der Waals surface area contributed by atoms with Crippen LogP contribution in [0.4, 0.5) is 4.79 Å².